The van der Waals surface area contributed by atoms with E-state index in [0.717, 1.165) is 0 Å². The molecular formula is C5Cl4F6O. The summed E-state index contributed by atoms with van der Waals surface area (Å²) >= 11 is 17.8. The van der Waals surface area contributed by atoms with Gasteiger partial charge in [-0.15, -0.1) is 0 Å². The lowest BCUT2D eigenvalue weighted by Crippen LogP contribution is -2.83. The van der Waals surface area contributed by atoms with Gasteiger partial charge in [0.2, 0.25) is 0 Å². The molecule has 1 rings (SSSR count). The highest BCUT2D eigenvalue weighted by Gasteiger charge is 2.95. The van der Waals surface area contributed by atoms with Crippen molar-refractivity contribution in [1.29, 1.82) is 0 Å². The van der Waals surface area contributed by atoms with E-state index < -0.39 is 26.8 Å². The molecule has 1 heterocycles. The molecule has 0 N–H and O–H groups in total. The summed E-state index contributed by atoms with van der Waals surface area (Å²) in [5, 5.41) is -9.72. The summed E-state index contributed by atoms with van der Waals surface area (Å²) in [5.74, 6) is 0. The molecule has 96 valence electrons. The van der Waals surface area contributed by atoms with Gasteiger partial charge in [0.25, 0.3) is 10.2 Å². The molecule has 11 heteroatoms. The highest BCUT2D eigenvalue weighted by molar-refractivity contribution is 6.49. The van der Waals surface area contributed by atoms with Gasteiger partial charge < -0.3 is 0 Å². The van der Waals surface area contributed by atoms with Crippen molar-refractivity contribution in [3.05, 3.63) is 0 Å². The Kier molecular flexibility index (Phi) is 3.11. The first-order valence-corrected chi connectivity index (χ1v) is 4.81. The Labute approximate surface area is 105 Å². The van der Waals surface area contributed by atoms with Gasteiger partial charge in [0, 0.05) is 0 Å². The number of halogens is 10. The lowest BCUT2D eigenvalue weighted by Gasteiger charge is -2.56. The predicted octanol–water partition coefficient (Wildman–Crippen LogP) is 4.19. The fraction of sp³-hybridized carbons (Fsp3) is 1.00. The van der Waals surface area contributed by atoms with Crippen LogP contribution in [0.15, 0.2) is 0 Å². The minimum Gasteiger partial charge on any atom is -0.291 e. The van der Waals surface area contributed by atoms with Crippen LogP contribution < -0.4 is 0 Å². The zero-order chi connectivity index (χ0) is 13.2. The molecule has 1 fully saturated rings. The molecular weight excluding hydrogens is 332 g/mol. The quantitative estimate of drug-likeness (QED) is 0.544. The first-order chi connectivity index (χ1) is 6.71. The average molecular weight is 332 g/mol. The third-order valence-corrected chi connectivity index (χ3v) is 3.17. The highest BCUT2D eigenvalue weighted by Crippen LogP contribution is 2.70. The maximum absolute atomic E-state index is 13.2. The van der Waals surface area contributed by atoms with E-state index in [1.807, 2.05) is 0 Å². The summed E-state index contributed by atoms with van der Waals surface area (Å²) in [5.41, 5.74) is -4.43. The first-order valence-electron chi connectivity index (χ1n) is 3.30. The molecule has 0 aromatic carbocycles. The fourth-order valence-electron chi connectivity index (χ4n) is 1.11. The maximum Gasteiger partial charge on any atom is 0.408 e. The van der Waals surface area contributed by atoms with E-state index in [1.54, 1.807) is 0 Å². The first kappa shape index (κ1) is 14.8. The summed E-state index contributed by atoms with van der Waals surface area (Å²) < 4.78 is 75.4. The van der Waals surface area contributed by atoms with Crippen LogP contribution in [0.1, 0.15) is 0 Å². The second-order valence-electron chi connectivity index (χ2n) is 2.87. The van der Waals surface area contributed by atoms with Gasteiger partial charge in [0.05, 0.1) is 0 Å². The molecule has 16 heavy (non-hydrogen) atoms. The van der Waals surface area contributed by atoms with E-state index in [-0.39, 0.29) is 0 Å². The van der Waals surface area contributed by atoms with Crippen LogP contribution in [0, 0.1) is 0 Å². The molecule has 0 aromatic heterocycles. The van der Waals surface area contributed by atoms with Crippen LogP contribution in [0.5, 0.6) is 0 Å². The van der Waals surface area contributed by atoms with E-state index >= 15 is 0 Å². The van der Waals surface area contributed by atoms with Crippen LogP contribution in [-0.4, -0.2) is 26.8 Å². The van der Waals surface area contributed by atoms with Gasteiger partial charge in [0.1, 0.15) is 0 Å². The molecule has 1 saturated heterocycles. The number of ether oxygens (including phenoxy) is 1. The van der Waals surface area contributed by atoms with Gasteiger partial charge in [-0.25, -0.2) is 8.78 Å². The van der Waals surface area contributed by atoms with Crippen molar-refractivity contribution in [1.82, 2.24) is 0 Å². The minimum absolute atomic E-state index is 3.10. The fourth-order valence-corrected chi connectivity index (χ4v) is 2.55. The SMILES string of the molecule is FC(F)(Cl)[C@@]1(C(F)(Cl)Cl)OC(F)(F)[C@]1(F)Cl. The number of rotatable bonds is 2. The van der Waals surface area contributed by atoms with E-state index in [0.29, 0.717) is 0 Å². The zero-order valence-corrected chi connectivity index (χ0v) is 9.71. The largest absolute Gasteiger partial charge is 0.408 e. The Morgan fingerprint density at radius 2 is 1.31 bits per heavy atom. The monoisotopic (exact) mass is 330 g/mol. The maximum atomic E-state index is 13.2. The summed E-state index contributed by atoms with van der Waals surface area (Å²) in [4.78, 5) is 0. The Hall–Kier alpha value is 0.700. The van der Waals surface area contributed by atoms with Crippen molar-refractivity contribution in [2.45, 2.75) is 26.8 Å². The van der Waals surface area contributed by atoms with Gasteiger partial charge in [-0.05, 0) is 11.6 Å². The van der Waals surface area contributed by atoms with Crippen LogP contribution in [0.2, 0.25) is 0 Å². The summed E-state index contributed by atoms with van der Waals surface area (Å²) in [6.07, 6.45) is -4.91. The van der Waals surface area contributed by atoms with E-state index in [4.69, 9.17) is 0 Å². The Balaban J connectivity index is 3.35. The molecule has 2 atom stereocenters. The molecule has 0 aromatic rings. The lowest BCUT2D eigenvalue weighted by molar-refractivity contribution is -0.488. The van der Waals surface area contributed by atoms with Crippen LogP contribution in [-0.2, 0) is 4.74 Å². The Morgan fingerprint density at radius 3 is 1.38 bits per heavy atom. The second-order valence-corrected chi connectivity index (χ2v) is 5.10. The minimum atomic E-state index is -5.01. The van der Waals surface area contributed by atoms with Gasteiger partial charge in [-0.2, -0.15) is 17.6 Å². The molecule has 0 bridgehead atoms. The van der Waals surface area contributed by atoms with Crippen LogP contribution in [0.4, 0.5) is 26.3 Å². The normalized spacial score (nSPS) is 39.4. The molecule has 1 nitrogen and oxygen atoms in total. The van der Waals surface area contributed by atoms with Gasteiger partial charge in [0.15, 0.2) is 0 Å². The lowest BCUT2D eigenvalue weighted by atomic mass is 9.90. The molecule has 0 aliphatic carbocycles. The topological polar surface area (TPSA) is 9.23 Å². The highest BCUT2D eigenvalue weighted by atomic mass is 35.5. The smallest absolute Gasteiger partial charge is 0.291 e. The van der Waals surface area contributed by atoms with Crippen molar-refractivity contribution in [3.8, 4) is 0 Å². The Morgan fingerprint density at radius 1 is 0.938 bits per heavy atom. The standard InChI is InChI=1S/C5Cl4F6O/c6-2(10)1(3(7,8)11,4(9,12)13)16-5(2,14)15/t1-,2+/m1/s1. The molecule has 1 aliphatic heterocycles. The molecule has 0 radical (unpaired) electrons. The number of alkyl halides is 10. The van der Waals surface area contributed by atoms with Crippen molar-refractivity contribution in [3.63, 3.8) is 0 Å². The van der Waals surface area contributed by atoms with Crippen molar-refractivity contribution in [2.75, 3.05) is 0 Å². The van der Waals surface area contributed by atoms with Crippen molar-refractivity contribution >= 4 is 46.4 Å². The van der Waals surface area contributed by atoms with Gasteiger partial charge in [-0.1, -0.05) is 34.8 Å². The molecule has 0 amide bonds. The van der Waals surface area contributed by atoms with Crippen LogP contribution in [0.25, 0.3) is 0 Å². The average Bonchev–Trinajstić information content (AvgIpc) is 1.94. The predicted molar refractivity (Wildman–Crippen MR) is 44.8 cm³/mol. The van der Waals surface area contributed by atoms with Gasteiger partial charge in [-0.3, -0.25) is 4.74 Å². The van der Waals surface area contributed by atoms with Crippen molar-refractivity contribution in [2.24, 2.45) is 0 Å². The third-order valence-electron chi connectivity index (χ3n) is 1.89. The van der Waals surface area contributed by atoms with E-state index in [2.05, 4.69) is 51.1 Å². The van der Waals surface area contributed by atoms with Gasteiger partial charge >= 0.3 is 16.6 Å². The molecule has 1 aliphatic rings. The molecule has 0 saturated carbocycles. The summed E-state index contributed by atoms with van der Waals surface area (Å²) in [7, 11) is 0. The molecule has 0 spiro atoms. The zero-order valence-electron chi connectivity index (χ0n) is 6.69. The summed E-state index contributed by atoms with van der Waals surface area (Å²) in [6.45, 7) is 0. The number of hydrogen-bond acceptors (Lipinski definition) is 1. The molecule has 0 unspecified atom stereocenters. The number of hydrogen-bond donors (Lipinski definition) is 0. The third kappa shape index (κ3) is 1.51. The van der Waals surface area contributed by atoms with Crippen molar-refractivity contribution < 1.29 is 31.1 Å². The Bertz CT molecular complexity index is 293. The van der Waals surface area contributed by atoms with E-state index in [1.165, 1.54) is 0 Å². The van der Waals surface area contributed by atoms with E-state index in [9.17, 15) is 26.3 Å². The van der Waals surface area contributed by atoms with Crippen LogP contribution in [0.3, 0.4) is 0 Å². The summed E-state index contributed by atoms with van der Waals surface area (Å²) in [6, 6.07) is 0. The van der Waals surface area contributed by atoms with Crippen LogP contribution >= 0.6 is 46.4 Å². The second kappa shape index (κ2) is 3.38.